The predicted molar refractivity (Wildman–Crippen MR) is 323 cm³/mol. The number of imidazole rings is 1. The number of hydrogen-bond donors (Lipinski definition) is 18. The maximum absolute atomic E-state index is 10.7. The first-order valence-electron chi connectivity index (χ1n) is 26.5. The summed E-state index contributed by atoms with van der Waals surface area (Å²) < 4.78 is 0. The highest BCUT2D eigenvalue weighted by atomic mass is 16.4. The molecule has 85 heavy (non-hydrogen) atoms. The van der Waals surface area contributed by atoms with Crippen LogP contribution in [0.25, 0.3) is 32.6 Å². The van der Waals surface area contributed by atoms with Gasteiger partial charge in [0.15, 0.2) is 0 Å². The van der Waals surface area contributed by atoms with Gasteiger partial charge in [-0.2, -0.15) is 0 Å². The topological polar surface area (TPSA) is 516 Å². The van der Waals surface area contributed by atoms with Crippen molar-refractivity contribution in [2.75, 3.05) is 11.9 Å². The van der Waals surface area contributed by atoms with Gasteiger partial charge in [0.25, 0.3) is 0 Å². The number of carboxylic acids is 7. The molecule has 0 aliphatic heterocycles. The fourth-order valence-corrected chi connectivity index (χ4v) is 7.15. The number of benzene rings is 5. The van der Waals surface area contributed by atoms with Crippen LogP contribution in [0, 0.1) is 0 Å². The van der Waals surface area contributed by atoms with Gasteiger partial charge in [0.1, 0.15) is 42.3 Å². The Morgan fingerprint density at radius 1 is 0.482 bits per heavy atom. The van der Waals surface area contributed by atoms with Crippen molar-refractivity contribution in [2.24, 2.45) is 40.1 Å². The number of fused-ring (bicyclic) bond motifs is 3. The minimum atomic E-state index is -1.00. The molecule has 0 aliphatic rings. The van der Waals surface area contributed by atoms with E-state index in [2.05, 4.69) is 25.3 Å². The Hall–Kier alpha value is -9.54. The van der Waals surface area contributed by atoms with Crippen molar-refractivity contribution in [2.45, 2.75) is 101 Å². The maximum atomic E-state index is 10.7. The van der Waals surface area contributed by atoms with Crippen molar-refractivity contribution in [3.63, 3.8) is 0 Å². The lowest BCUT2D eigenvalue weighted by molar-refractivity contribution is -0.139. The first-order valence-corrected chi connectivity index (χ1v) is 26.5. The summed E-state index contributed by atoms with van der Waals surface area (Å²) in [5.74, 6) is -6.65. The number of aromatic amines is 3. The smallest absolute Gasteiger partial charge is 0.325 e. The van der Waals surface area contributed by atoms with Crippen molar-refractivity contribution in [1.82, 2.24) is 19.9 Å². The Morgan fingerprint density at radius 3 is 1.35 bits per heavy atom. The second-order valence-corrected chi connectivity index (χ2v) is 19.0. The van der Waals surface area contributed by atoms with Gasteiger partial charge >= 0.3 is 41.8 Å². The Bertz CT molecular complexity index is 3210. The van der Waals surface area contributed by atoms with Crippen LogP contribution in [-0.4, -0.2) is 146 Å². The molecular weight excluding hydrogens is 1100 g/mol. The molecule has 0 saturated carbocycles. The maximum Gasteiger partial charge on any atom is 0.325 e. The average Bonchev–Trinajstić information content (AvgIpc) is 3.92. The van der Waals surface area contributed by atoms with Crippen LogP contribution in [0.4, 0.5) is 5.69 Å². The summed E-state index contributed by atoms with van der Waals surface area (Å²) in [7, 11) is 0. The highest BCUT2D eigenvalue weighted by Gasteiger charge is 2.17. The van der Waals surface area contributed by atoms with E-state index in [1.165, 1.54) is 13.3 Å². The molecule has 26 nitrogen and oxygen atoms in total. The van der Waals surface area contributed by atoms with E-state index in [-0.39, 0.29) is 6.42 Å². The quantitative estimate of drug-likeness (QED) is 0.0453. The summed E-state index contributed by atoms with van der Waals surface area (Å²) >= 11 is 0. The lowest BCUT2D eigenvalue weighted by Gasteiger charge is -2.11. The number of carboxylic acid groups (broad SMARTS) is 7. The summed E-state index contributed by atoms with van der Waals surface area (Å²) in [4.78, 5) is 85.0. The van der Waals surface area contributed by atoms with Gasteiger partial charge in [0.05, 0.1) is 6.33 Å². The second kappa shape index (κ2) is 38.3. The molecule has 7 atom stereocenters. The van der Waals surface area contributed by atoms with Gasteiger partial charge in [-0.1, -0.05) is 103 Å². The van der Waals surface area contributed by atoms with E-state index in [4.69, 9.17) is 75.9 Å². The van der Waals surface area contributed by atoms with Crippen molar-refractivity contribution in [3.8, 4) is 0 Å². The van der Waals surface area contributed by atoms with E-state index >= 15 is 0 Å². The van der Waals surface area contributed by atoms with Crippen molar-refractivity contribution in [1.29, 1.82) is 0 Å². The van der Waals surface area contributed by atoms with Gasteiger partial charge in [0.2, 0.25) is 0 Å². The number of nitrogens with one attached hydrogen (secondary N) is 4. The van der Waals surface area contributed by atoms with Crippen LogP contribution >= 0.6 is 0 Å². The number of carbonyl (C=O) groups is 7. The minimum absolute atomic E-state index is 0.287. The molecule has 0 unspecified atom stereocenters. The molecule has 0 saturated heterocycles. The molecule has 0 radical (unpaired) electrons. The summed E-state index contributed by atoms with van der Waals surface area (Å²) in [5.41, 5.74) is 43.2. The number of anilines is 1. The molecule has 3 heterocycles. The van der Waals surface area contributed by atoms with Gasteiger partial charge in [0, 0.05) is 71.0 Å². The number of nitrogens with zero attached hydrogens (tertiary/aromatic N) is 1. The Morgan fingerprint density at radius 2 is 0.918 bits per heavy atom. The fourth-order valence-electron chi connectivity index (χ4n) is 7.15. The van der Waals surface area contributed by atoms with E-state index in [1.807, 2.05) is 134 Å². The van der Waals surface area contributed by atoms with Gasteiger partial charge in [-0.3, -0.25) is 33.6 Å². The molecule has 5 aromatic carbocycles. The largest absolute Gasteiger partial charge is 0.480 e. The molecule has 458 valence electrons. The molecule has 0 amide bonds. The Labute approximate surface area is 489 Å². The van der Waals surface area contributed by atoms with Crippen LogP contribution in [0.15, 0.2) is 146 Å². The summed E-state index contributed by atoms with van der Waals surface area (Å²) in [6.07, 6.45) is 10.2. The zero-order valence-electron chi connectivity index (χ0n) is 47.0. The molecular formula is C59H78N12O14. The van der Waals surface area contributed by atoms with Crippen molar-refractivity contribution < 1.29 is 69.3 Å². The molecule has 0 fully saturated rings. The number of unbranched alkanes of at least 4 members (excludes halogenated alkanes) is 1. The Balaban J connectivity index is 0.000000344. The molecule has 26 heteroatoms. The zero-order valence-corrected chi connectivity index (χ0v) is 47.0. The van der Waals surface area contributed by atoms with Gasteiger partial charge in [-0.25, -0.2) is 4.98 Å². The van der Waals surface area contributed by atoms with Gasteiger partial charge < -0.3 is 96.2 Å². The third kappa shape index (κ3) is 27.9. The minimum Gasteiger partial charge on any atom is -0.480 e. The number of H-pyrrole nitrogens is 3. The van der Waals surface area contributed by atoms with Crippen LogP contribution in [0.2, 0.25) is 0 Å². The monoisotopic (exact) mass is 1180 g/mol. The molecule has 8 rings (SSSR count). The SMILES string of the molecule is C[C@@H](N)C(=O)O.C[C@@H](Nc1ccc2ccccc2c1)C(=O)O.NCCCC[C@H](N)C(=O)O.N[C@@H](Cc1c[nH]c2ccccc12)C(=O)O.N[C@@H](Cc1c[nH]c2ccccc12)C(=O)O.N[C@@H](Cc1cnc[nH]1)C(=O)O.N[C@H](Cc1ccccc1)C(=O)O. The lowest BCUT2D eigenvalue weighted by atomic mass is 10.1. The predicted octanol–water partition coefficient (Wildman–Crippen LogP) is 3.92. The zero-order chi connectivity index (χ0) is 63.6. The third-order valence-corrected chi connectivity index (χ3v) is 12.0. The molecule has 3 aromatic heterocycles. The first kappa shape index (κ1) is 71.6. The third-order valence-electron chi connectivity index (χ3n) is 12.0. The average molecular weight is 1180 g/mol. The number of hydrogen-bond acceptors (Lipinski definition) is 16. The number of rotatable bonds is 21. The van der Waals surface area contributed by atoms with Crippen LogP contribution < -0.4 is 45.5 Å². The summed E-state index contributed by atoms with van der Waals surface area (Å²) in [6, 6.07) is 33.3. The molecule has 0 bridgehead atoms. The van der Waals surface area contributed by atoms with Crippen molar-refractivity contribution in [3.05, 3.63) is 169 Å². The standard InChI is InChI=1S/C13H13NO2.2C11H12N2O2.C9H11NO2.C6H9N3O2.C6H14N2O2.C3H7NO2/c1-9(13(15)16)14-12-7-6-10-4-2-3-5-11(10)8-12;2*12-9(11(14)15)5-7-6-13-10-4-2-1-3-8(7)10;10-8(9(11)12)6-7-4-2-1-3-5-7;7-5(6(10)11)1-4-2-8-3-9-4;7-4-2-1-3-5(8)6(9)10;1-2(4)3(5)6/h2-9,14H,1H3,(H,15,16);2*1-4,6,9,13H,5,12H2,(H,14,15);1-5,8H,6,10H2,(H,11,12);2-3,5H,1,7H2,(H,8,9)(H,10,11);5H,1-4,7-8H2,(H,9,10);2H,4H2,1H3,(H,5,6)/t3*9-;8-;2*5-;2-/m1001001/s1. The highest BCUT2D eigenvalue weighted by molar-refractivity contribution is 5.87. The van der Waals surface area contributed by atoms with E-state index in [0.29, 0.717) is 32.2 Å². The lowest BCUT2D eigenvalue weighted by Crippen LogP contribution is -2.32. The Kier molecular flexibility index (Phi) is 32.2. The van der Waals surface area contributed by atoms with Crippen LogP contribution in [-0.2, 0) is 59.2 Å². The summed E-state index contributed by atoms with van der Waals surface area (Å²) in [6.45, 7) is 3.65. The molecule has 0 spiro atoms. The van der Waals surface area contributed by atoms with Crippen LogP contribution in [0.5, 0.6) is 0 Å². The summed E-state index contributed by atoms with van der Waals surface area (Å²) in [5, 5.41) is 66.6. The first-order chi connectivity index (χ1) is 40.2. The number of para-hydroxylation sites is 2. The fraction of sp³-hybridized carbons (Fsp3) is 0.288. The van der Waals surface area contributed by atoms with E-state index in [9.17, 15) is 33.6 Å². The normalized spacial score (nSPS) is 12.8. The molecule has 25 N–H and O–H groups in total. The van der Waals surface area contributed by atoms with Crippen molar-refractivity contribution >= 4 is 80.1 Å². The number of aromatic nitrogens is 4. The van der Waals surface area contributed by atoms with Crippen LogP contribution in [0.1, 0.15) is 55.5 Å². The highest BCUT2D eigenvalue weighted by Crippen LogP contribution is 2.21. The van der Waals surface area contributed by atoms with Gasteiger partial charge in [-0.15, -0.1) is 0 Å². The molecule has 8 aromatic rings. The van der Waals surface area contributed by atoms with E-state index < -0.39 is 84.1 Å². The number of nitrogens with two attached hydrogens (primary N) is 7. The number of aliphatic carboxylic acids is 7. The molecule has 0 aliphatic carbocycles. The van der Waals surface area contributed by atoms with Crippen LogP contribution in [0.3, 0.4) is 0 Å². The van der Waals surface area contributed by atoms with Gasteiger partial charge in [-0.05, 0) is 91.4 Å². The van der Waals surface area contributed by atoms with E-state index in [0.717, 1.165) is 73.5 Å². The second-order valence-electron chi connectivity index (χ2n) is 19.0. The van der Waals surface area contributed by atoms with E-state index in [1.54, 1.807) is 13.1 Å².